The summed E-state index contributed by atoms with van der Waals surface area (Å²) in [6, 6.07) is 5.81. The number of rotatable bonds is 3. The SMILES string of the molecule is OCC1(Cc2cc(Cl)ccc2Br)CC1. The van der Waals surface area contributed by atoms with Crippen molar-refractivity contribution in [1.29, 1.82) is 0 Å². The summed E-state index contributed by atoms with van der Waals surface area (Å²) in [5, 5.41) is 9.99. The fourth-order valence-electron chi connectivity index (χ4n) is 1.65. The standard InChI is InChI=1S/C11H12BrClO/c12-10-2-1-9(13)5-8(10)6-11(7-14)3-4-11/h1-2,5,14H,3-4,6-7H2. The van der Waals surface area contributed by atoms with Crippen molar-refractivity contribution >= 4 is 27.5 Å². The van der Waals surface area contributed by atoms with Gasteiger partial charge in [0.05, 0.1) is 0 Å². The third-order valence-electron chi connectivity index (χ3n) is 2.87. The molecule has 0 aliphatic heterocycles. The molecule has 0 radical (unpaired) electrons. The Balaban J connectivity index is 2.20. The number of aliphatic hydroxyl groups excluding tert-OH is 1. The molecule has 1 fully saturated rings. The van der Waals surface area contributed by atoms with Crippen LogP contribution in [0, 0.1) is 5.41 Å². The molecule has 3 heteroatoms. The van der Waals surface area contributed by atoms with Gasteiger partial charge in [-0.05, 0) is 48.4 Å². The lowest BCUT2D eigenvalue weighted by atomic mass is 9.97. The molecule has 0 unspecified atom stereocenters. The highest BCUT2D eigenvalue weighted by atomic mass is 79.9. The first-order chi connectivity index (χ1) is 6.65. The van der Waals surface area contributed by atoms with Crippen LogP contribution in [0.2, 0.25) is 5.02 Å². The van der Waals surface area contributed by atoms with Gasteiger partial charge >= 0.3 is 0 Å². The first-order valence-corrected chi connectivity index (χ1v) is 5.87. The Bertz CT molecular complexity index is 347. The van der Waals surface area contributed by atoms with Gasteiger partial charge in [0.25, 0.3) is 0 Å². The van der Waals surface area contributed by atoms with Gasteiger partial charge in [-0.25, -0.2) is 0 Å². The highest BCUT2D eigenvalue weighted by molar-refractivity contribution is 9.10. The predicted octanol–water partition coefficient (Wildman–Crippen LogP) is 3.42. The van der Waals surface area contributed by atoms with E-state index in [1.165, 1.54) is 5.56 Å². The molecule has 1 aromatic carbocycles. The molecule has 76 valence electrons. The minimum absolute atomic E-state index is 0.146. The summed E-state index contributed by atoms with van der Waals surface area (Å²) in [4.78, 5) is 0. The molecule has 0 bridgehead atoms. The van der Waals surface area contributed by atoms with Crippen LogP contribution in [0.4, 0.5) is 0 Å². The summed E-state index contributed by atoms with van der Waals surface area (Å²) >= 11 is 9.43. The van der Waals surface area contributed by atoms with Crippen LogP contribution >= 0.6 is 27.5 Å². The van der Waals surface area contributed by atoms with E-state index in [-0.39, 0.29) is 12.0 Å². The Morgan fingerprint density at radius 3 is 2.71 bits per heavy atom. The van der Waals surface area contributed by atoms with Crippen LogP contribution in [0.1, 0.15) is 18.4 Å². The van der Waals surface area contributed by atoms with Gasteiger partial charge in [0.1, 0.15) is 0 Å². The zero-order chi connectivity index (χ0) is 10.2. The minimum atomic E-state index is 0.146. The Morgan fingerprint density at radius 2 is 2.14 bits per heavy atom. The molecule has 1 nitrogen and oxygen atoms in total. The lowest BCUT2D eigenvalue weighted by Crippen LogP contribution is -2.10. The molecular weight excluding hydrogens is 263 g/mol. The second-order valence-corrected chi connectivity index (χ2v) is 5.36. The van der Waals surface area contributed by atoms with Gasteiger partial charge in [-0.3, -0.25) is 0 Å². The topological polar surface area (TPSA) is 20.2 Å². The van der Waals surface area contributed by atoms with E-state index in [0.29, 0.717) is 0 Å². The molecule has 1 N–H and O–H groups in total. The summed E-state index contributed by atoms with van der Waals surface area (Å²) in [6.07, 6.45) is 3.18. The smallest absolute Gasteiger partial charge is 0.0490 e. The Hall–Kier alpha value is -0.0500. The van der Waals surface area contributed by atoms with Gasteiger partial charge in [0.15, 0.2) is 0 Å². The van der Waals surface area contributed by atoms with Crippen LogP contribution in [0.15, 0.2) is 22.7 Å². The second kappa shape index (κ2) is 3.84. The Morgan fingerprint density at radius 1 is 1.43 bits per heavy atom. The van der Waals surface area contributed by atoms with Crippen molar-refractivity contribution in [2.45, 2.75) is 19.3 Å². The van der Waals surface area contributed by atoms with E-state index in [1.807, 2.05) is 18.2 Å². The third kappa shape index (κ3) is 2.13. The normalized spacial score (nSPS) is 18.2. The van der Waals surface area contributed by atoms with Crippen molar-refractivity contribution in [3.05, 3.63) is 33.3 Å². The zero-order valence-corrected chi connectivity index (χ0v) is 10.1. The molecule has 0 atom stereocenters. The molecule has 1 aromatic rings. The van der Waals surface area contributed by atoms with E-state index in [1.54, 1.807) is 0 Å². The summed E-state index contributed by atoms with van der Waals surface area (Å²) in [5.41, 5.74) is 1.34. The zero-order valence-electron chi connectivity index (χ0n) is 7.76. The van der Waals surface area contributed by atoms with Gasteiger partial charge < -0.3 is 5.11 Å². The van der Waals surface area contributed by atoms with Crippen molar-refractivity contribution in [3.63, 3.8) is 0 Å². The average Bonchev–Trinajstić information content (AvgIpc) is 2.92. The van der Waals surface area contributed by atoms with Crippen molar-refractivity contribution < 1.29 is 5.11 Å². The lowest BCUT2D eigenvalue weighted by molar-refractivity contribution is 0.211. The quantitative estimate of drug-likeness (QED) is 0.896. The average molecular weight is 276 g/mol. The maximum atomic E-state index is 9.23. The van der Waals surface area contributed by atoms with Gasteiger partial charge in [-0.2, -0.15) is 0 Å². The van der Waals surface area contributed by atoms with Crippen LogP contribution in [-0.4, -0.2) is 11.7 Å². The fourth-order valence-corrected chi connectivity index (χ4v) is 2.23. The Labute approximate surface area is 97.2 Å². The molecular formula is C11H12BrClO. The first-order valence-electron chi connectivity index (χ1n) is 4.70. The number of halogens is 2. The number of aliphatic hydroxyl groups is 1. The maximum Gasteiger partial charge on any atom is 0.0490 e. The van der Waals surface area contributed by atoms with Crippen LogP contribution in [-0.2, 0) is 6.42 Å². The number of hydrogen-bond donors (Lipinski definition) is 1. The molecule has 0 spiro atoms. The minimum Gasteiger partial charge on any atom is -0.396 e. The van der Waals surface area contributed by atoms with Crippen LogP contribution in [0.5, 0.6) is 0 Å². The summed E-state index contributed by atoms with van der Waals surface area (Å²) in [7, 11) is 0. The number of hydrogen-bond acceptors (Lipinski definition) is 1. The van der Waals surface area contributed by atoms with Gasteiger partial charge in [0, 0.05) is 16.1 Å². The molecule has 14 heavy (non-hydrogen) atoms. The molecule has 1 saturated carbocycles. The highest BCUT2D eigenvalue weighted by Crippen LogP contribution is 2.48. The molecule has 0 saturated heterocycles. The van der Waals surface area contributed by atoms with Crippen LogP contribution < -0.4 is 0 Å². The third-order valence-corrected chi connectivity index (χ3v) is 3.87. The molecule has 2 rings (SSSR count). The van der Waals surface area contributed by atoms with Crippen molar-refractivity contribution in [3.8, 4) is 0 Å². The summed E-state index contributed by atoms with van der Waals surface area (Å²) in [5.74, 6) is 0. The largest absolute Gasteiger partial charge is 0.396 e. The van der Waals surface area contributed by atoms with E-state index in [4.69, 9.17) is 11.6 Å². The van der Waals surface area contributed by atoms with E-state index >= 15 is 0 Å². The number of benzene rings is 1. The van der Waals surface area contributed by atoms with Crippen molar-refractivity contribution in [2.24, 2.45) is 5.41 Å². The fraction of sp³-hybridized carbons (Fsp3) is 0.455. The second-order valence-electron chi connectivity index (χ2n) is 4.07. The van der Waals surface area contributed by atoms with Crippen LogP contribution in [0.3, 0.4) is 0 Å². The summed E-state index contributed by atoms with van der Waals surface area (Å²) < 4.78 is 1.08. The van der Waals surface area contributed by atoms with Crippen molar-refractivity contribution in [2.75, 3.05) is 6.61 Å². The highest BCUT2D eigenvalue weighted by Gasteiger charge is 2.42. The molecule has 0 heterocycles. The first kappa shape index (κ1) is 10.5. The molecule has 1 aliphatic rings. The molecule has 0 aromatic heterocycles. The van der Waals surface area contributed by atoms with E-state index in [0.717, 1.165) is 28.8 Å². The Kier molecular flexibility index (Phi) is 2.87. The van der Waals surface area contributed by atoms with Crippen LogP contribution in [0.25, 0.3) is 0 Å². The van der Waals surface area contributed by atoms with E-state index < -0.39 is 0 Å². The molecule has 0 amide bonds. The maximum absolute atomic E-state index is 9.23. The van der Waals surface area contributed by atoms with Gasteiger partial charge in [-0.15, -0.1) is 0 Å². The lowest BCUT2D eigenvalue weighted by Gasteiger charge is -2.12. The molecule has 1 aliphatic carbocycles. The van der Waals surface area contributed by atoms with Gasteiger partial charge in [0.2, 0.25) is 0 Å². The van der Waals surface area contributed by atoms with E-state index in [9.17, 15) is 5.11 Å². The summed E-state index contributed by atoms with van der Waals surface area (Å²) in [6.45, 7) is 0.284. The van der Waals surface area contributed by atoms with E-state index in [2.05, 4.69) is 15.9 Å². The predicted molar refractivity (Wildman–Crippen MR) is 61.6 cm³/mol. The monoisotopic (exact) mass is 274 g/mol. The van der Waals surface area contributed by atoms with Gasteiger partial charge in [-0.1, -0.05) is 27.5 Å². The van der Waals surface area contributed by atoms with Crippen molar-refractivity contribution in [1.82, 2.24) is 0 Å².